The van der Waals surface area contributed by atoms with Crippen molar-refractivity contribution in [3.63, 3.8) is 0 Å². The molecule has 0 aliphatic carbocycles. The van der Waals surface area contributed by atoms with Gasteiger partial charge in [-0.15, -0.1) is 0 Å². The van der Waals surface area contributed by atoms with Crippen LogP contribution in [-0.4, -0.2) is 66.6 Å². The Kier molecular flexibility index (Phi) is 8.31. The Morgan fingerprint density at radius 2 is 1.75 bits per heavy atom. The predicted octanol–water partition coefficient (Wildman–Crippen LogP) is 3.58. The highest BCUT2D eigenvalue weighted by molar-refractivity contribution is 7.80. The first kappa shape index (κ1) is 24.3. The van der Waals surface area contributed by atoms with Crippen molar-refractivity contribution in [3.8, 4) is 5.75 Å². The number of halogens is 2. The molecule has 7 nitrogen and oxygen atoms in total. The molecule has 1 fully saturated rings. The van der Waals surface area contributed by atoms with Gasteiger partial charge in [0.05, 0.1) is 10.7 Å². The SMILES string of the molecule is Cc1cc(OCC(=O)NC(=S)Nc2cc(C(=O)N3CCN(C)CC3)ccc2Cl)ccc1Cl. The molecule has 0 saturated carbocycles. The van der Waals surface area contributed by atoms with E-state index in [4.69, 9.17) is 40.2 Å². The molecule has 0 unspecified atom stereocenters. The second-order valence-electron chi connectivity index (χ2n) is 7.49. The Bertz CT molecular complexity index is 1030. The summed E-state index contributed by atoms with van der Waals surface area (Å²) in [6.45, 7) is 4.63. The minimum absolute atomic E-state index is 0.0528. The zero-order valence-electron chi connectivity index (χ0n) is 17.8. The van der Waals surface area contributed by atoms with Crippen molar-refractivity contribution in [3.05, 3.63) is 57.6 Å². The zero-order chi connectivity index (χ0) is 23.3. The maximum Gasteiger partial charge on any atom is 0.264 e. The summed E-state index contributed by atoms with van der Waals surface area (Å²) >= 11 is 17.5. The highest BCUT2D eigenvalue weighted by Gasteiger charge is 2.21. The molecule has 1 aliphatic rings. The summed E-state index contributed by atoms with van der Waals surface area (Å²) in [5.41, 5.74) is 1.78. The quantitative estimate of drug-likeness (QED) is 0.618. The van der Waals surface area contributed by atoms with Gasteiger partial charge < -0.3 is 19.9 Å². The first-order valence-corrected chi connectivity index (χ1v) is 11.2. The topological polar surface area (TPSA) is 73.9 Å². The van der Waals surface area contributed by atoms with Crippen LogP contribution in [0, 0.1) is 6.92 Å². The van der Waals surface area contributed by atoms with Crippen molar-refractivity contribution in [1.29, 1.82) is 0 Å². The number of anilines is 1. The molecule has 1 heterocycles. The number of hydrogen-bond donors (Lipinski definition) is 2. The minimum atomic E-state index is -0.434. The zero-order valence-corrected chi connectivity index (χ0v) is 20.1. The van der Waals surface area contributed by atoms with Crippen molar-refractivity contribution in [2.45, 2.75) is 6.92 Å². The van der Waals surface area contributed by atoms with Gasteiger partial charge >= 0.3 is 0 Å². The third kappa shape index (κ3) is 6.56. The van der Waals surface area contributed by atoms with Crippen LogP contribution < -0.4 is 15.4 Å². The summed E-state index contributed by atoms with van der Waals surface area (Å²) in [5, 5.41) is 6.47. The fraction of sp³-hybridized carbons (Fsp3) is 0.318. The Labute approximate surface area is 202 Å². The number of thiocarbonyl (C=S) groups is 1. The van der Waals surface area contributed by atoms with Gasteiger partial charge in [-0.1, -0.05) is 23.2 Å². The van der Waals surface area contributed by atoms with Gasteiger partial charge in [0.1, 0.15) is 5.75 Å². The summed E-state index contributed by atoms with van der Waals surface area (Å²) < 4.78 is 5.47. The predicted molar refractivity (Wildman–Crippen MR) is 131 cm³/mol. The molecule has 1 saturated heterocycles. The molecule has 2 aromatic rings. The number of carbonyl (C=O) groups excluding carboxylic acids is 2. The molecule has 2 aromatic carbocycles. The number of carbonyl (C=O) groups is 2. The van der Waals surface area contributed by atoms with Crippen LogP contribution in [0.25, 0.3) is 0 Å². The van der Waals surface area contributed by atoms with Crippen molar-refractivity contribution < 1.29 is 14.3 Å². The van der Waals surface area contributed by atoms with Crippen LogP contribution in [0.2, 0.25) is 10.0 Å². The van der Waals surface area contributed by atoms with E-state index < -0.39 is 5.91 Å². The Balaban J connectivity index is 1.55. The molecular weight excluding hydrogens is 471 g/mol. The number of aryl methyl sites for hydroxylation is 1. The number of amides is 2. The van der Waals surface area contributed by atoms with E-state index in [9.17, 15) is 9.59 Å². The van der Waals surface area contributed by atoms with E-state index >= 15 is 0 Å². The summed E-state index contributed by atoms with van der Waals surface area (Å²) in [6, 6.07) is 10.1. The summed E-state index contributed by atoms with van der Waals surface area (Å²) in [5.74, 6) is 0.0226. The maximum absolute atomic E-state index is 12.8. The Morgan fingerprint density at radius 1 is 1.06 bits per heavy atom. The molecule has 3 rings (SSSR count). The average Bonchev–Trinajstić information content (AvgIpc) is 2.76. The van der Waals surface area contributed by atoms with Gasteiger partial charge in [0.25, 0.3) is 11.8 Å². The van der Waals surface area contributed by atoms with Crippen LogP contribution in [0.15, 0.2) is 36.4 Å². The van der Waals surface area contributed by atoms with Crippen LogP contribution in [0.1, 0.15) is 15.9 Å². The number of likely N-dealkylation sites (N-methyl/N-ethyl adjacent to an activating group) is 1. The second kappa shape index (κ2) is 11.0. The van der Waals surface area contributed by atoms with Crippen LogP contribution in [-0.2, 0) is 4.79 Å². The lowest BCUT2D eigenvalue weighted by atomic mass is 10.1. The van der Waals surface area contributed by atoms with Gasteiger partial charge in [-0.25, -0.2) is 0 Å². The fourth-order valence-corrected chi connectivity index (χ4v) is 3.62. The molecule has 0 atom stereocenters. The standard InChI is InChI=1S/C22H24Cl2N4O3S/c1-14-11-16(4-6-17(14)23)31-13-20(29)26-22(32)25-19-12-15(3-5-18(19)24)21(30)28-9-7-27(2)8-10-28/h3-6,11-12H,7-10,13H2,1-2H3,(H2,25,26,29,32). The van der Waals surface area contributed by atoms with E-state index in [1.807, 2.05) is 18.9 Å². The molecule has 2 amide bonds. The summed E-state index contributed by atoms with van der Waals surface area (Å²) in [4.78, 5) is 29.0. The lowest BCUT2D eigenvalue weighted by Crippen LogP contribution is -2.47. The van der Waals surface area contributed by atoms with Crippen molar-refractivity contribution in [1.82, 2.24) is 15.1 Å². The first-order valence-electron chi connectivity index (χ1n) is 10.00. The number of nitrogens with one attached hydrogen (secondary N) is 2. The smallest absolute Gasteiger partial charge is 0.264 e. The normalized spacial score (nSPS) is 14.1. The Morgan fingerprint density at radius 3 is 2.44 bits per heavy atom. The molecule has 2 N–H and O–H groups in total. The lowest BCUT2D eigenvalue weighted by Gasteiger charge is -2.32. The third-order valence-corrected chi connectivity index (χ3v) is 5.96. The highest BCUT2D eigenvalue weighted by atomic mass is 35.5. The number of ether oxygens (including phenoxy) is 1. The second-order valence-corrected chi connectivity index (χ2v) is 8.71. The monoisotopic (exact) mass is 494 g/mol. The van der Waals surface area contributed by atoms with Crippen molar-refractivity contribution >= 4 is 58.0 Å². The molecule has 0 radical (unpaired) electrons. The fourth-order valence-electron chi connectivity index (χ4n) is 3.12. The van der Waals surface area contributed by atoms with Crippen LogP contribution in [0.3, 0.4) is 0 Å². The largest absolute Gasteiger partial charge is 0.484 e. The highest BCUT2D eigenvalue weighted by Crippen LogP contribution is 2.24. The number of piperazine rings is 1. The summed E-state index contributed by atoms with van der Waals surface area (Å²) in [7, 11) is 2.03. The van der Waals surface area contributed by atoms with E-state index in [2.05, 4.69) is 15.5 Å². The maximum atomic E-state index is 12.8. The van der Waals surface area contributed by atoms with Crippen molar-refractivity contribution in [2.24, 2.45) is 0 Å². The van der Waals surface area contributed by atoms with E-state index in [1.54, 1.807) is 36.4 Å². The molecule has 10 heteroatoms. The number of rotatable bonds is 5. The van der Waals surface area contributed by atoms with E-state index in [0.29, 0.717) is 40.1 Å². The van der Waals surface area contributed by atoms with E-state index in [-0.39, 0.29) is 17.6 Å². The Hall–Kier alpha value is -2.39. The van der Waals surface area contributed by atoms with Crippen molar-refractivity contribution in [2.75, 3.05) is 45.2 Å². The first-order chi connectivity index (χ1) is 15.2. The molecule has 0 spiro atoms. The lowest BCUT2D eigenvalue weighted by molar-refractivity contribution is -0.121. The van der Waals surface area contributed by atoms with Crippen LogP contribution >= 0.6 is 35.4 Å². The van der Waals surface area contributed by atoms with Gasteiger partial charge in [-0.3, -0.25) is 14.9 Å². The molecule has 170 valence electrons. The minimum Gasteiger partial charge on any atom is -0.484 e. The van der Waals surface area contributed by atoms with E-state index in [1.165, 1.54) is 0 Å². The van der Waals surface area contributed by atoms with Crippen LogP contribution in [0.5, 0.6) is 5.75 Å². The number of hydrogen-bond acceptors (Lipinski definition) is 5. The molecular formula is C22H24Cl2N4O3S. The molecule has 32 heavy (non-hydrogen) atoms. The third-order valence-electron chi connectivity index (χ3n) is 5.00. The average molecular weight is 495 g/mol. The van der Waals surface area contributed by atoms with Gasteiger partial charge in [0.15, 0.2) is 11.7 Å². The molecule has 0 aromatic heterocycles. The van der Waals surface area contributed by atoms with Crippen LogP contribution in [0.4, 0.5) is 5.69 Å². The number of nitrogens with zero attached hydrogens (tertiary/aromatic N) is 2. The molecule has 1 aliphatic heterocycles. The van der Waals surface area contributed by atoms with E-state index in [0.717, 1.165) is 18.7 Å². The number of benzene rings is 2. The summed E-state index contributed by atoms with van der Waals surface area (Å²) in [6.07, 6.45) is 0. The molecule has 0 bridgehead atoms. The van der Waals surface area contributed by atoms with Gasteiger partial charge in [-0.2, -0.15) is 0 Å². The van der Waals surface area contributed by atoms with Gasteiger partial charge in [-0.05, 0) is 68.2 Å². The van der Waals surface area contributed by atoms with Gasteiger partial charge in [0.2, 0.25) is 0 Å². The van der Waals surface area contributed by atoms with Gasteiger partial charge in [0, 0.05) is 36.8 Å².